The van der Waals surface area contributed by atoms with Crippen molar-refractivity contribution in [2.75, 3.05) is 26.4 Å². The van der Waals surface area contributed by atoms with Crippen molar-refractivity contribution in [3.63, 3.8) is 0 Å². The molecule has 304 valence electrons. The van der Waals surface area contributed by atoms with E-state index >= 15 is 0 Å². The van der Waals surface area contributed by atoms with Gasteiger partial charge >= 0.3 is 19.8 Å². The minimum absolute atomic E-state index is 0.00894. The van der Waals surface area contributed by atoms with E-state index in [2.05, 4.69) is 86.8 Å². The average molecular weight is 774 g/mol. The second-order valence-corrected chi connectivity index (χ2v) is 13.9. The number of allylic oxidation sites excluding steroid dienone is 16. The van der Waals surface area contributed by atoms with E-state index in [0.717, 1.165) is 57.8 Å². The van der Waals surface area contributed by atoms with Crippen molar-refractivity contribution in [2.45, 2.75) is 129 Å². The van der Waals surface area contributed by atoms with E-state index in [1.54, 1.807) is 6.08 Å². The number of carbonyl (C=O) groups is 3. The fourth-order valence-corrected chi connectivity index (χ4v) is 5.28. The quantitative estimate of drug-likeness (QED) is 0.0159. The van der Waals surface area contributed by atoms with Crippen LogP contribution in [0.3, 0.4) is 0 Å². The Hall–Kier alpha value is -3.40. The Bertz CT molecular complexity index is 1260. The Kier molecular flexibility index (Phi) is 35.5. The summed E-state index contributed by atoms with van der Waals surface area (Å²) in [6.45, 7) is 3.22. The highest BCUT2D eigenvalue weighted by Crippen LogP contribution is 2.43. The summed E-state index contributed by atoms with van der Waals surface area (Å²) in [5.41, 5.74) is 5.32. The number of carbonyl (C=O) groups excluding carboxylic acids is 3. The van der Waals surface area contributed by atoms with Gasteiger partial charge in [0, 0.05) is 25.8 Å². The lowest BCUT2D eigenvalue weighted by Crippen LogP contribution is -2.29. The summed E-state index contributed by atoms with van der Waals surface area (Å²) in [6, 6.07) is 0. The number of esters is 2. The van der Waals surface area contributed by atoms with E-state index in [0.29, 0.717) is 6.42 Å². The molecule has 0 radical (unpaired) electrons. The maximum atomic E-state index is 12.5. The number of hydrogen-bond acceptors (Lipinski definition) is 9. The van der Waals surface area contributed by atoms with Gasteiger partial charge in [0.05, 0.1) is 13.2 Å². The molecule has 0 aliphatic heterocycles. The first-order valence-corrected chi connectivity index (χ1v) is 21.2. The van der Waals surface area contributed by atoms with Gasteiger partial charge in [0.2, 0.25) is 0 Å². The fraction of sp³-hybridized carbons (Fsp3) is 0.558. The maximum absolute atomic E-state index is 12.5. The summed E-state index contributed by atoms with van der Waals surface area (Å²) in [5, 5.41) is 0. The molecule has 0 aromatic heterocycles. The predicted molar refractivity (Wildman–Crippen MR) is 220 cm³/mol. The molecule has 0 aromatic carbocycles. The van der Waals surface area contributed by atoms with Crippen LogP contribution in [0.5, 0.6) is 0 Å². The van der Waals surface area contributed by atoms with Crippen LogP contribution in [-0.2, 0) is 37.5 Å². The third-order valence-electron chi connectivity index (χ3n) is 7.43. The topological polar surface area (TPSA) is 151 Å². The average Bonchev–Trinajstić information content (AvgIpc) is 3.15. The van der Waals surface area contributed by atoms with Gasteiger partial charge in [-0.15, -0.1) is 0 Å². The first-order valence-electron chi connectivity index (χ1n) is 19.7. The minimum atomic E-state index is -4.45. The summed E-state index contributed by atoms with van der Waals surface area (Å²) in [4.78, 5) is 46.9. The van der Waals surface area contributed by atoms with Crippen molar-refractivity contribution in [1.29, 1.82) is 0 Å². The Morgan fingerprint density at radius 1 is 0.630 bits per heavy atom. The van der Waals surface area contributed by atoms with E-state index in [4.69, 9.17) is 24.3 Å². The lowest BCUT2D eigenvalue weighted by Gasteiger charge is -2.19. The molecule has 54 heavy (non-hydrogen) atoms. The highest BCUT2D eigenvalue weighted by atomic mass is 31.2. The highest BCUT2D eigenvalue weighted by molar-refractivity contribution is 7.47. The van der Waals surface area contributed by atoms with Crippen molar-refractivity contribution in [2.24, 2.45) is 5.73 Å². The van der Waals surface area contributed by atoms with Crippen molar-refractivity contribution in [3.05, 3.63) is 97.2 Å². The van der Waals surface area contributed by atoms with Crippen LogP contribution in [-0.4, -0.2) is 55.1 Å². The molecular formula is C43H68NO9P. The number of ketones is 1. The molecule has 0 aliphatic rings. The Morgan fingerprint density at radius 3 is 1.78 bits per heavy atom. The zero-order chi connectivity index (χ0) is 39.8. The third-order valence-corrected chi connectivity index (χ3v) is 8.41. The van der Waals surface area contributed by atoms with Gasteiger partial charge in [-0.1, -0.05) is 118 Å². The summed E-state index contributed by atoms with van der Waals surface area (Å²) in [6.07, 6.45) is 44.5. The first kappa shape index (κ1) is 50.6. The minimum Gasteiger partial charge on any atom is -0.462 e. The van der Waals surface area contributed by atoms with Crippen LogP contribution >= 0.6 is 7.82 Å². The van der Waals surface area contributed by atoms with Crippen LogP contribution in [0.2, 0.25) is 0 Å². The Morgan fingerprint density at radius 2 is 1.19 bits per heavy atom. The van der Waals surface area contributed by atoms with E-state index in [9.17, 15) is 23.8 Å². The van der Waals surface area contributed by atoms with Crippen molar-refractivity contribution >= 4 is 25.5 Å². The lowest BCUT2D eigenvalue weighted by atomic mass is 10.1. The molecule has 0 heterocycles. The molecule has 0 amide bonds. The van der Waals surface area contributed by atoms with Crippen molar-refractivity contribution in [3.8, 4) is 0 Å². The number of hydrogen-bond donors (Lipinski definition) is 2. The van der Waals surface area contributed by atoms with Crippen LogP contribution in [0.25, 0.3) is 0 Å². The first-order chi connectivity index (χ1) is 26.2. The van der Waals surface area contributed by atoms with E-state index < -0.39 is 32.5 Å². The number of unbranched alkanes of at least 4 members (excludes halogenated alkanes) is 5. The molecule has 0 aliphatic carbocycles. The SMILES string of the molecule is CC/C=C\C/C=C\C/C=C\C/C=C\CCCCC(=O)O[C@H](COC(=O)CCCC(=O)/C=C/C=C\C/C=C\C/C=C\CCCCC)COP(=O)(O)OCCN. The molecular weight excluding hydrogens is 705 g/mol. The van der Waals surface area contributed by atoms with Crippen LogP contribution in [0.4, 0.5) is 0 Å². The summed E-state index contributed by atoms with van der Waals surface area (Å²) in [5.74, 6) is -1.26. The molecule has 0 saturated carbocycles. The van der Waals surface area contributed by atoms with Gasteiger partial charge in [0.1, 0.15) is 6.61 Å². The number of phosphoric acid groups is 1. The van der Waals surface area contributed by atoms with Gasteiger partial charge in [-0.05, 0) is 83.1 Å². The summed E-state index contributed by atoms with van der Waals surface area (Å²) < 4.78 is 32.4. The molecule has 0 spiro atoms. The number of nitrogens with two attached hydrogens (primary N) is 1. The van der Waals surface area contributed by atoms with Gasteiger partial charge in [0.25, 0.3) is 0 Å². The van der Waals surface area contributed by atoms with Crippen LogP contribution in [0.15, 0.2) is 97.2 Å². The normalized spacial score (nSPS) is 14.3. The Labute approximate surface area is 325 Å². The standard InChI is InChI=1S/C43H68NO9P/c1-3-5-7-9-11-13-15-17-18-20-22-24-26-28-30-34-43(47)53-41(39-52-54(48,49)51-37-36-44)38-50-42(46)35-31-33-40(45)32-29-27-25-23-21-19-16-14-12-10-8-6-4-2/h5,7,11-14,17-19,21-22,24-25,27,29,32,41H,3-4,6,8-10,15-16,20,23,26,28,30-31,33-39,44H2,1-2H3,(H,48,49)/b7-5-,13-11-,14-12-,18-17-,21-19-,24-22-,27-25-,32-29+/t41-/m1/s1. The molecule has 0 bridgehead atoms. The number of rotatable bonds is 35. The smallest absolute Gasteiger partial charge is 0.462 e. The predicted octanol–water partition coefficient (Wildman–Crippen LogP) is 10.2. The molecule has 11 heteroatoms. The lowest BCUT2D eigenvalue weighted by molar-refractivity contribution is -0.161. The third kappa shape index (κ3) is 36.9. The molecule has 0 aromatic rings. The van der Waals surface area contributed by atoms with Gasteiger partial charge in [0.15, 0.2) is 11.9 Å². The highest BCUT2D eigenvalue weighted by Gasteiger charge is 2.26. The van der Waals surface area contributed by atoms with E-state index in [1.807, 2.05) is 12.2 Å². The summed E-state index contributed by atoms with van der Waals surface area (Å²) >= 11 is 0. The molecule has 1 unspecified atom stereocenters. The molecule has 10 nitrogen and oxygen atoms in total. The van der Waals surface area contributed by atoms with Crippen molar-refractivity contribution in [1.82, 2.24) is 0 Å². The molecule has 2 atom stereocenters. The maximum Gasteiger partial charge on any atom is 0.472 e. The van der Waals surface area contributed by atoms with Gasteiger partial charge in [-0.25, -0.2) is 4.57 Å². The molecule has 0 rings (SSSR count). The van der Waals surface area contributed by atoms with Crippen LogP contribution in [0, 0.1) is 0 Å². The van der Waals surface area contributed by atoms with Crippen molar-refractivity contribution < 1.29 is 42.4 Å². The second kappa shape index (κ2) is 37.9. The van der Waals surface area contributed by atoms with Crippen LogP contribution < -0.4 is 5.73 Å². The zero-order valence-corrected chi connectivity index (χ0v) is 33.8. The second-order valence-electron chi connectivity index (χ2n) is 12.4. The van der Waals surface area contributed by atoms with Gasteiger partial charge < -0.3 is 20.1 Å². The van der Waals surface area contributed by atoms with Gasteiger partial charge in [-0.2, -0.15) is 0 Å². The van der Waals surface area contributed by atoms with E-state index in [1.165, 1.54) is 25.3 Å². The Balaban J connectivity index is 4.51. The van der Waals surface area contributed by atoms with Crippen LogP contribution in [0.1, 0.15) is 123 Å². The molecule has 0 saturated heterocycles. The largest absolute Gasteiger partial charge is 0.472 e. The van der Waals surface area contributed by atoms with E-state index in [-0.39, 0.29) is 51.2 Å². The molecule has 0 fully saturated rings. The molecule has 3 N–H and O–H groups in total. The van der Waals surface area contributed by atoms with Gasteiger partial charge in [-0.3, -0.25) is 23.4 Å². The summed E-state index contributed by atoms with van der Waals surface area (Å²) in [7, 11) is -4.45. The number of phosphoric ester groups is 1. The monoisotopic (exact) mass is 773 g/mol. The fourth-order valence-electron chi connectivity index (χ4n) is 4.52. The number of ether oxygens (including phenoxy) is 2. The zero-order valence-electron chi connectivity index (χ0n) is 32.9.